The Labute approximate surface area is 109 Å². The molecular weight excluding hydrogens is 228 g/mol. The van der Waals surface area contributed by atoms with Gasteiger partial charge in [0, 0.05) is 19.6 Å². The van der Waals surface area contributed by atoms with Gasteiger partial charge in [-0.25, -0.2) is 0 Å². The lowest BCUT2D eigenvalue weighted by Gasteiger charge is -2.22. The van der Waals surface area contributed by atoms with Gasteiger partial charge in [-0.1, -0.05) is 6.07 Å². The van der Waals surface area contributed by atoms with Crippen molar-refractivity contribution in [3.63, 3.8) is 0 Å². The summed E-state index contributed by atoms with van der Waals surface area (Å²) in [6.45, 7) is 4.15. The largest absolute Gasteiger partial charge is 0.493 e. The number of ether oxygens (including phenoxy) is 2. The van der Waals surface area contributed by atoms with Crippen molar-refractivity contribution in [1.29, 1.82) is 0 Å². The second kappa shape index (κ2) is 6.76. The zero-order valence-electron chi connectivity index (χ0n) is 11.0. The molecule has 3 heteroatoms. The van der Waals surface area contributed by atoms with Crippen LogP contribution < -0.4 is 4.74 Å². The lowest BCUT2D eigenvalue weighted by Crippen LogP contribution is -2.10. The first-order valence-electron chi connectivity index (χ1n) is 6.82. The predicted octanol–water partition coefficient (Wildman–Crippen LogP) is 2.86. The van der Waals surface area contributed by atoms with E-state index in [0.29, 0.717) is 6.61 Å². The maximum atomic E-state index is 9.95. The first-order chi connectivity index (χ1) is 8.81. The number of aliphatic hydroxyl groups excluding tert-OH is 1. The van der Waals surface area contributed by atoms with Crippen LogP contribution in [0.15, 0.2) is 18.2 Å². The molecule has 0 saturated carbocycles. The molecule has 0 heterocycles. The lowest BCUT2D eigenvalue weighted by molar-refractivity contribution is 0.130. The van der Waals surface area contributed by atoms with Crippen molar-refractivity contribution in [3.8, 4) is 5.75 Å². The van der Waals surface area contributed by atoms with Crippen molar-refractivity contribution in [3.05, 3.63) is 29.3 Å². The topological polar surface area (TPSA) is 38.7 Å². The summed E-state index contributed by atoms with van der Waals surface area (Å²) in [6, 6.07) is 6.06. The third kappa shape index (κ3) is 3.47. The second-order valence-corrected chi connectivity index (χ2v) is 4.67. The maximum Gasteiger partial charge on any atom is 0.119 e. The fraction of sp³-hybridized carbons (Fsp3) is 0.600. The highest BCUT2D eigenvalue weighted by molar-refractivity contribution is 5.38. The number of rotatable bonds is 6. The summed E-state index contributed by atoms with van der Waals surface area (Å²) in [5, 5.41) is 9.95. The van der Waals surface area contributed by atoms with Crippen LogP contribution in [0.2, 0.25) is 0 Å². The van der Waals surface area contributed by atoms with Crippen molar-refractivity contribution in [2.45, 2.75) is 38.7 Å². The van der Waals surface area contributed by atoms with E-state index in [0.717, 1.165) is 50.2 Å². The number of hydrogen-bond acceptors (Lipinski definition) is 3. The van der Waals surface area contributed by atoms with E-state index in [1.807, 2.05) is 19.1 Å². The van der Waals surface area contributed by atoms with E-state index < -0.39 is 0 Å². The van der Waals surface area contributed by atoms with Crippen LogP contribution in [0.5, 0.6) is 5.75 Å². The Morgan fingerprint density at radius 1 is 1.33 bits per heavy atom. The molecule has 1 aliphatic rings. The summed E-state index contributed by atoms with van der Waals surface area (Å²) in [6.07, 6.45) is 3.58. The van der Waals surface area contributed by atoms with Crippen LogP contribution in [0, 0.1) is 0 Å². The van der Waals surface area contributed by atoms with E-state index in [1.165, 1.54) is 5.56 Å². The molecule has 1 atom stereocenters. The Kier molecular flexibility index (Phi) is 5.02. The van der Waals surface area contributed by atoms with Gasteiger partial charge in [0.1, 0.15) is 5.75 Å². The molecule has 18 heavy (non-hydrogen) atoms. The molecule has 0 radical (unpaired) electrons. The molecule has 3 nitrogen and oxygen atoms in total. The SMILES string of the molecule is CCOCCCOc1ccc2c(c1)[C@@H](O)CCC2. The number of fused-ring (bicyclic) bond motifs is 1. The van der Waals surface area contributed by atoms with E-state index in [1.54, 1.807) is 0 Å². The fourth-order valence-corrected chi connectivity index (χ4v) is 2.34. The summed E-state index contributed by atoms with van der Waals surface area (Å²) < 4.78 is 10.9. The summed E-state index contributed by atoms with van der Waals surface area (Å²) in [5.41, 5.74) is 2.30. The zero-order valence-corrected chi connectivity index (χ0v) is 11.0. The van der Waals surface area contributed by atoms with Crippen molar-refractivity contribution < 1.29 is 14.6 Å². The van der Waals surface area contributed by atoms with Gasteiger partial charge >= 0.3 is 0 Å². The zero-order chi connectivity index (χ0) is 12.8. The quantitative estimate of drug-likeness (QED) is 0.789. The second-order valence-electron chi connectivity index (χ2n) is 4.67. The Morgan fingerprint density at radius 2 is 2.22 bits per heavy atom. The summed E-state index contributed by atoms with van der Waals surface area (Å²) in [5.74, 6) is 0.853. The molecule has 100 valence electrons. The van der Waals surface area contributed by atoms with Gasteiger partial charge in [0.05, 0.1) is 12.7 Å². The van der Waals surface area contributed by atoms with Crippen molar-refractivity contribution in [2.75, 3.05) is 19.8 Å². The monoisotopic (exact) mass is 250 g/mol. The van der Waals surface area contributed by atoms with Gasteiger partial charge in [-0.2, -0.15) is 0 Å². The number of aryl methyl sites for hydroxylation is 1. The average Bonchev–Trinajstić information content (AvgIpc) is 2.39. The van der Waals surface area contributed by atoms with Gasteiger partial charge in [-0.3, -0.25) is 0 Å². The van der Waals surface area contributed by atoms with Crippen LogP contribution in [0.25, 0.3) is 0 Å². The van der Waals surface area contributed by atoms with Crippen LogP contribution >= 0.6 is 0 Å². The molecule has 1 aromatic carbocycles. The number of aliphatic hydroxyl groups is 1. The highest BCUT2D eigenvalue weighted by atomic mass is 16.5. The molecule has 1 aliphatic carbocycles. The van der Waals surface area contributed by atoms with Gasteiger partial charge in [-0.15, -0.1) is 0 Å². The molecule has 0 fully saturated rings. The molecule has 0 aromatic heterocycles. The van der Waals surface area contributed by atoms with E-state index in [-0.39, 0.29) is 6.10 Å². The smallest absolute Gasteiger partial charge is 0.119 e. The molecule has 0 unspecified atom stereocenters. The average molecular weight is 250 g/mol. The van der Waals surface area contributed by atoms with Crippen LogP contribution in [-0.4, -0.2) is 24.9 Å². The van der Waals surface area contributed by atoms with E-state index in [2.05, 4.69) is 6.07 Å². The Hall–Kier alpha value is -1.06. The molecule has 0 aliphatic heterocycles. The minimum absolute atomic E-state index is 0.319. The molecule has 1 aromatic rings. The fourth-order valence-electron chi connectivity index (χ4n) is 2.34. The summed E-state index contributed by atoms with van der Waals surface area (Å²) in [7, 11) is 0. The summed E-state index contributed by atoms with van der Waals surface area (Å²) in [4.78, 5) is 0. The minimum Gasteiger partial charge on any atom is -0.493 e. The van der Waals surface area contributed by atoms with E-state index in [9.17, 15) is 5.11 Å². The molecule has 0 saturated heterocycles. The minimum atomic E-state index is -0.319. The van der Waals surface area contributed by atoms with E-state index >= 15 is 0 Å². The summed E-state index contributed by atoms with van der Waals surface area (Å²) >= 11 is 0. The van der Waals surface area contributed by atoms with Crippen LogP contribution in [0.4, 0.5) is 0 Å². The lowest BCUT2D eigenvalue weighted by atomic mass is 9.89. The molecular formula is C15H22O3. The maximum absolute atomic E-state index is 9.95. The molecule has 0 spiro atoms. The molecule has 0 amide bonds. The number of hydrogen-bond donors (Lipinski definition) is 1. The molecule has 2 rings (SSSR count). The first kappa shape index (κ1) is 13.4. The first-order valence-corrected chi connectivity index (χ1v) is 6.82. The van der Waals surface area contributed by atoms with Gasteiger partial charge in [0.25, 0.3) is 0 Å². The van der Waals surface area contributed by atoms with Crippen LogP contribution in [-0.2, 0) is 11.2 Å². The molecule has 1 N–H and O–H groups in total. The third-order valence-corrected chi connectivity index (χ3v) is 3.31. The van der Waals surface area contributed by atoms with Crippen molar-refractivity contribution >= 4 is 0 Å². The number of benzene rings is 1. The van der Waals surface area contributed by atoms with Gasteiger partial charge in [-0.05, 0) is 49.4 Å². The van der Waals surface area contributed by atoms with E-state index in [4.69, 9.17) is 9.47 Å². The predicted molar refractivity (Wildman–Crippen MR) is 70.9 cm³/mol. The van der Waals surface area contributed by atoms with Gasteiger partial charge in [0.2, 0.25) is 0 Å². The normalized spacial score (nSPS) is 18.4. The molecule has 0 bridgehead atoms. The highest BCUT2D eigenvalue weighted by Crippen LogP contribution is 2.32. The van der Waals surface area contributed by atoms with Gasteiger partial charge in [0.15, 0.2) is 0 Å². The van der Waals surface area contributed by atoms with Crippen LogP contribution in [0.3, 0.4) is 0 Å². The van der Waals surface area contributed by atoms with Crippen LogP contribution in [0.1, 0.15) is 43.4 Å². The standard InChI is InChI=1S/C15H22O3/c1-2-17-9-4-10-18-13-8-7-12-5-3-6-15(16)14(12)11-13/h7-8,11,15-16H,2-6,9-10H2,1H3/t15-/m0/s1. The van der Waals surface area contributed by atoms with Crippen molar-refractivity contribution in [2.24, 2.45) is 0 Å². The Bertz CT molecular complexity index is 376. The van der Waals surface area contributed by atoms with Gasteiger partial charge < -0.3 is 14.6 Å². The Morgan fingerprint density at radius 3 is 3.06 bits per heavy atom. The third-order valence-electron chi connectivity index (χ3n) is 3.31. The highest BCUT2D eigenvalue weighted by Gasteiger charge is 2.18. The Balaban J connectivity index is 1.88. The van der Waals surface area contributed by atoms with Crippen molar-refractivity contribution in [1.82, 2.24) is 0 Å².